The minimum Gasteiger partial charge on any atom is -0.484 e. The monoisotopic (exact) mass is 436 g/mol. The number of hydrogen-bond donors (Lipinski definition) is 1. The van der Waals surface area contributed by atoms with Gasteiger partial charge in [-0.05, 0) is 60.9 Å². The maximum Gasteiger partial charge on any atom is 0.260 e. The summed E-state index contributed by atoms with van der Waals surface area (Å²) < 4.78 is 10.9. The molecule has 1 fully saturated rings. The third-order valence-electron chi connectivity index (χ3n) is 4.54. The van der Waals surface area contributed by atoms with Crippen LogP contribution in [0, 0.1) is 5.92 Å². The Morgan fingerprint density at radius 2 is 1.41 bits per heavy atom. The fourth-order valence-corrected chi connectivity index (χ4v) is 3.12. The Labute approximate surface area is 179 Å². The van der Waals surface area contributed by atoms with Crippen LogP contribution in [-0.4, -0.2) is 49.6 Å². The number of carbonyl (C=O) groups is 2. The topological polar surface area (TPSA) is 67.9 Å². The average Bonchev–Trinajstić information content (AvgIpc) is 2.68. The molecule has 8 heteroatoms. The molecule has 1 aliphatic heterocycles. The SMILES string of the molecule is O=C(COc1ccc(Cl)cc1)NCCC1CN(C(=O)COc2ccc(Cl)cc2)C1. The summed E-state index contributed by atoms with van der Waals surface area (Å²) in [5.41, 5.74) is 0. The lowest BCUT2D eigenvalue weighted by molar-refractivity contribution is -0.140. The Morgan fingerprint density at radius 1 is 0.897 bits per heavy atom. The highest BCUT2D eigenvalue weighted by Gasteiger charge is 2.30. The number of nitrogens with one attached hydrogen (secondary N) is 1. The van der Waals surface area contributed by atoms with Crippen molar-refractivity contribution in [3.05, 3.63) is 58.6 Å². The summed E-state index contributed by atoms with van der Waals surface area (Å²) in [7, 11) is 0. The molecule has 1 saturated heterocycles. The number of halogens is 2. The number of rotatable bonds is 9. The number of ether oxygens (including phenoxy) is 2. The van der Waals surface area contributed by atoms with Crippen molar-refractivity contribution in [1.82, 2.24) is 10.2 Å². The lowest BCUT2D eigenvalue weighted by Gasteiger charge is -2.39. The van der Waals surface area contributed by atoms with Crippen LogP contribution in [0.2, 0.25) is 10.0 Å². The molecule has 0 saturated carbocycles. The largest absolute Gasteiger partial charge is 0.484 e. The molecule has 0 atom stereocenters. The van der Waals surface area contributed by atoms with Gasteiger partial charge in [-0.3, -0.25) is 9.59 Å². The second kappa shape index (κ2) is 10.4. The van der Waals surface area contributed by atoms with E-state index in [9.17, 15) is 9.59 Å². The molecule has 1 aliphatic rings. The minimum absolute atomic E-state index is 0.00707. The van der Waals surface area contributed by atoms with Crippen LogP contribution >= 0.6 is 23.2 Å². The van der Waals surface area contributed by atoms with Crippen LogP contribution in [0.5, 0.6) is 11.5 Å². The molecular weight excluding hydrogens is 415 g/mol. The standard InChI is InChI=1S/C21H22Cl2N2O4/c22-16-1-5-18(6-2-16)28-13-20(26)24-10-9-15-11-25(12-15)21(27)14-29-19-7-3-17(23)4-8-19/h1-8,15H,9-14H2,(H,24,26). The third-order valence-corrected chi connectivity index (χ3v) is 5.05. The molecule has 3 rings (SSSR count). The van der Waals surface area contributed by atoms with Crippen LogP contribution < -0.4 is 14.8 Å². The van der Waals surface area contributed by atoms with Crippen molar-refractivity contribution in [2.24, 2.45) is 5.92 Å². The van der Waals surface area contributed by atoms with Crippen LogP contribution in [0.15, 0.2) is 48.5 Å². The van der Waals surface area contributed by atoms with Gasteiger partial charge in [-0.15, -0.1) is 0 Å². The van der Waals surface area contributed by atoms with Gasteiger partial charge in [0.05, 0.1) is 0 Å². The maximum absolute atomic E-state index is 12.1. The number of benzene rings is 2. The normalized spacial score (nSPS) is 13.5. The van der Waals surface area contributed by atoms with E-state index in [1.54, 1.807) is 53.4 Å². The zero-order chi connectivity index (χ0) is 20.6. The molecule has 2 aromatic rings. The summed E-state index contributed by atoms with van der Waals surface area (Å²) in [4.78, 5) is 25.7. The van der Waals surface area contributed by atoms with Crippen LogP contribution in [-0.2, 0) is 9.59 Å². The smallest absolute Gasteiger partial charge is 0.260 e. The van der Waals surface area contributed by atoms with Gasteiger partial charge in [0.15, 0.2) is 13.2 Å². The van der Waals surface area contributed by atoms with E-state index in [2.05, 4.69) is 5.32 Å². The van der Waals surface area contributed by atoms with Gasteiger partial charge >= 0.3 is 0 Å². The van der Waals surface area contributed by atoms with Crippen LogP contribution in [0.1, 0.15) is 6.42 Å². The molecule has 0 aromatic heterocycles. The van der Waals surface area contributed by atoms with Gasteiger partial charge < -0.3 is 19.7 Å². The summed E-state index contributed by atoms with van der Waals surface area (Å²) in [6, 6.07) is 13.7. The molecule has 0 radical (unpaired) electrons. The fraction of sp³-hybridized carbons (Fsp3) is 0.333. The van der Waals surface area contributed by atoms with E-state index in [1.807, 2.05) is 0 Å². The predicted octanol–water partition coefficient (Wildman–Crippen LogP) is 3.42. The number of likely N-dealkylation sites (tertiary alicyclic amines) is 1. The molecule has 0 aliphatic carbocycles. The van der Waals surface area contributed by atoms with E-state index in [0.29, 0.717) is 47.1 Å². The second-order valence-corrected chi connectivity index (χ2v) is 7.66. The van der Waals surface area contributed by atoms with Gasteiger partial charge in [0.2, 0.25) is 0 Å². The highest BCUT2D eigenvalue weighted by atomic mass is 35.5. The highest BCUT2D eigenvalue weighted by Crippen LogP contribution is 2.20. The molecule has 1 heterocycles. The Morgan fingerprint density at radius 3 is 1.97 bits per heavy atom. The molecule has 29 heavy (non-hydrogen) atoms. The molecule has 2 amide bonds. The highest BCUT2D eigenvalue weighted by molar-refractivity contribution is 6.30. The van der Waals surface area contributed by atoms with Crippen molar-refractivity contribution in [3.63, 3.8) is 0 Å². The average molecular weight is 437 g/mol. The first-order valence-corrected chi connectivity index (χ1v) is 10.1. The Bertz CT molecular complexity index is 822. The van der Waals surface area contributed by atoms with Crippen molar-refractivity contribution >= 4 is 35.0 Å². The van der Waals surface area contributed by atoms with Crippen molar-refractivity contribution in [1.29, 1.82) is 0 Å². The van der Waals surface area contributed by atoms with E-state index in [0.717, 1.165) is 6.42 Å². The molecule has 1 N–H and O–H groups in total. The van der Waals surface area contributed by atoms with Gasteiger partial charge in [-0.2, -0.15) is 0 Å². The minimum atomic E-state index is -0.177. The van der Waals surface area contributed by atoms with Gasteiger partial charge in [-0.25, -0.2) is 0 Å². The van der Waals surface area contributed by atoms with Gasteiger partial charge in [-0.1, -0.05) is 23.2 Å². The molecule has 6 nitrogen and oxygen atoms in total. The first kappa shape index (κ1) is 21.3. The van der Waals surface area contributed by atoms with E-state index in [4.69, 9.17) is 32.7 Å². The summed E-state index contributed by atoms with van der Waals surface area (Å²) in [6.07, 6.45) is 0.814. The summed E-state index contributed by atoms with van der Waals surface area (Å²) in [5.74, 6) is 1.37. The van der Waals surface area contributed by atoms with Gasteiger partial charge in [0.25, 0.3) is 11.8 Å². The molecule has 2 aromatic carbocycles. The summed E-state index contributed by atoms with van der Waals surface area (Å²) in [5, 5.41) is 4.07. The molecule has 0 bridgehead atoms. The Kier molecular flexibility index (Phi) is 7.61. The maximum atomic E-state index is 12.1. The summed E-state index contributed by atoms with van der Waals surface area (Å²) in [6.45, 7) is 1.88. The number of amides is 2. The number of carbonyl (C=O) groups excluding carboxylic acids is 2. The van der Waals surface area contributed by atoms with E-state index in [1.165, 1.54) is 0 Å². The molecule has 154 valence electrons. The Balaban J connectivity index is 1.25. The second-order valence-electron chi connectivity index (χ2n) is 6.79. The van der Waals surface area contributed by atoms with Crippen molar-refractivity contribution in [2.75, 3.05) is 32.8 Å². The zero-order valence-electron chi connectivity index (χ0n) is 15.8. The zero-order valence-corrected chi connectivity index (χ0v) is 17.3. The van der Waals surface area contributed by atoms with Crippen molar-refractivity contribution in [3.8, 4) is 11.5 Å². The lowest BCUT2D eigenvalue weighted by Crippen LogP contribution is -2.52. The van der Waals surface area contributed by atoms with Crippen molar-refractivity contribution in [2.45, 2.75) is 6.42 Å². The van der Waals surface area contributed by atoms with E-state index in [-0.39, 0.29) is 25.0 Å². The Hall–Kier alpha value is -2.44. The van der Waals surface area contributed by atoms with Crippen molar-refractivity contribution < 1.29 is 19.1 Å². The first-order valence-electron chi connectivity index (χ1n) is 9.31. The first-order chi connectivity index (χ1) is 14.0. The van der Waals surface area contributed by atoms with Crippen LogP contribution in [0.4, 0.5) is 0 Å². The quantitative estimate of drug-likeness (QED) is 0.653. The van der Waals surface area contributed by atoms with Gasteiger partial charge in [0.1, 0.15) is 11.5 Å². The van der Waals surface area contributed by atoms with Crippen LogP contribution in [0.3, 0.4) is 0 Å². The van der Waals surface area contributed by atoms with E-state index < -0.39 is 0 Å². The molecule has 0 spiro atoms. The third kappa shape index (κ3) is 6.84. The predicted molar refractivity (Wildman–Crippen MR) is 112 cm³/mol. The molecular formula is C21H22Cl2N2O4. The number of hydrogen-bond acceptors (Lipinski definition) is 4. The number of nitrogens with zero attached hydrogens (tertiary/aromatic N) is 1. The van der Waals surface area contributed by atoms with Gasteiger partial charge in [0, 0.05) is 29.7 Å². The molecule has 0 unspecified atom stereocenters. The fourth-order valence-electron chi connectivity index (χ4n) is 2.87. The van der Waals surface area contributed by atoms with Crippen LogP contribution in [0.25, 0.3) is 0 Å². The summed E-state index contributed by atoms with van der Waals surface area (Å²) >= 11 is 11.6. The lowest BCUT2D eigenvalue weighted by atomic mass is 9.96. The van der Waals surface area contributed by atoms with E-state index >= 15 is 0 Å².